The summed E-state index contributed by atoms with van der Waals surface area (Å²) in [5.74, 6) is 1.17. The van der Waals surface area contributed by atoms with Crippen molar-refractivity contribution in [2.24, 2.45) is 0 Å². The minimum Gasteiger partial charge on any atom is -0.493 e. The molecule has 168 valence electrons. The maximum Gasteiger partial charge on any atom is 0.242 e. The lowest BCUT2D eigenvalue weighted by molar-refractivity contribution is -0.140. The lowest BCUT2D eigenvalue weighted by Gasteiger charge is -2.30. The van der Waals surface area contributed by atoms with Gasteiger partial charge in [-0.2, -0.15) is 0 Å². The van der Waals surface area contributed by atoms with Crippen molar-refractivity contribution >= 4 is 11.8 Å². The van der Waals surface area contributed by atoms with Crippen LogP contribution in [0.5, 0.6) is 11.5 Å². The average Bonchev–Trinajstić information content (AvgIpc) is 2.80. The molecule has 0 aliphatic heterocycles. The van der Waals surface area contributed by atoms with Crippen LogP contribution in [0.2, 0.25) is 0 Å². The summed E-state index contributed by atoms with van der Waals surface area (Å²) < 4.78 is 10.6. The van der Waals surface area contributed by atoms with E-state index in [1.54, 1.807) is 19.1 Å². The van der Waals surface area contributed by atoms with E-state index in [1.165, 1.54) is 0 Å². The fourth-order valence-electron chi connectivity index (χ4n) is 3.62. The van der Waals surface area contributed by atoms with Gasteiger partial charge in [-0.3, -0.25) is 9.59 Å². The number of hydrogen-bond donors (Lipinski definition) is 1. The van der Waals surface area contributed by atoms with E-state index in [1.807, 2.05) is 62.4 Å². The Morgan fingerprint density at radius 3 is 2.26 bits per heavy atom. The highest BCUT2D eigenvalue weighted by Crippen LogP contribution is 2.28. The molecule has 0 aliphatic rings. The normalized spacial score (nSPS) is 11.5. The number of hydrogen-bond acceptors (Lipinski definition) is 4. The molecule has 0 fully saturated rings. The van der Waals surface area contributed by atoms with Gasteiger partial charge in [-0.05, 0) is 49.4 Å². The Morgan fingerprint density at radius 2 is 1.65 bits per heavy atom. The van der Waals surface area contributed by atoms with Gasteiger partial charge >= 0.3 is 0 Å². The van der Waals surface area contributed by atoms with Gasteiger partial charge in [-0.1, -0.05) is 43.3 Å². The van der Waals surface area contributed by atoms with Crippen LogP contribution in [0.4, 0.5) is 0 Å². The number of methoxy groups -OCH3 is 2. The first-order valence-corrected chi connectivity index (χ1v) is 10.9. The van der Waals surface area contributed by atoms with E-state index in [-0.39, 0.29) is 11.8 Å². The predicted octanol–water partition coefficient (Wildman–Crippen LogP) is 3.62. The largest absolute Gasteiger partial charge is 0.493 e. The maximum absolute atomic E-state index is 13.2. The van der Waals surface area contributed by atoms with Gasteiger partial charge in [0.25, 0.3) is 0 Å². The van der Waals surface area contributed by atoms with Gasteiger partial charge in [0.1, 0.15) is 6.04 Å². The number of carbonyl (C=O) groups is 2. The maximum atomic E-state index is 13.2. The van der Waals surface area contributed by atoms with Crippen LogP contribution in [0, 0.1) is 0 Å². The first-order valence-electron chi connectivity index (χ1n) is 10.9. The Hall–Kier alpha value is -3.02. The zero-order chi connectivity index (χ0) is 22.6. The highest BCUT2D eigenvalue weighted by Gasteiger charge is 2.27. The fraction of sp³-hybridized carbons (Fsp3) is 0.440. The molecule has 2 aromatic carbocycles. The van der Waals surface area contributed by atoms with Gasteiger partial charge in [0.2, 0.25) is 11.8 Å². The SMILES string of the molecule is CCNC(=O)C(CC)N(CCc1ccccc1)C(=O)CCc1ccc(OC)c(OC)c1. The smallest absolute Gasteiger partial charge is 0.242 e. The Morgan fingerprint density at radius 1 is 0.935 bits per heavy atom. The molecule has 0 radical (unpaired) electrons. The molecule has 0 aromatic heterocycles. The second-order valence-electron chi connectivity index (χ2n) is 7.33. The van der Waals surface area contributed by atoms with Crippen molar-refractivity contribution in [1.82, 2.24) is 10.2 Å². The zero-order valence-electron chi connectivity index (χ0n) is 19.0. The highest BCUT2D eigenvalue weighted by atomic mass is 16.5. The fourth-order valence-corrected chi connectivity index (χ4v) is 3.62. The Kier molecular flexibility index (Phi) is 9.88. The van der Waals surface area contributed by atoms with Crippen molar-refractivity contribution in [1.29, 1.82) is 0 Å². The van der Waals surface area contributed by atoms with Crippen molar-refractivity contribution in [2.45, 2.75) is 45.6 Å². The molecule has 2 rings (SSSR count). The molecule has 0 heterocycles. The molecule has 6 heteroatoms. The monoisotopic (exact) mass is 426 g/mol. The van der Waals surface area contributed by atoms with Gasteiger partial charge in [-0.15, -0.1) is 0 Å². The lowest BCUT2D eigenvalue weighted by atomic mass is 10.1. The number of nitrogens with zero attached hydrogens (tertiary/aromatic N) is 1. The first kappa shape index (κ1) is 24.3. The van der Waals surface area contributed by atoms with Crippen LogP contribution in [-0.4, -0.2) is 50.1 Å². The highest BCUT2D eigenvalue weighted by molar-refractivity contribution is 5.87. The summed E-state index contributed by atoms with van der Waals surface area (Å²) in [7, 11) is 3.19. The van der Waals surface area contributed by atoms with Crippen molar-refractivity contribution in [3.8, 4) is 11.5 Å². The van der Waals surface area contributed by atoms with E-state index in [0.717, 1.165) is 11.1 Å². The van der Waals surface area contributed by atoms with Crippen LogP contribution < -0.4 is 14.8 Å². The molecule has 0 saturated heterocycles. The molecule has 0 saturated carbocycles. The molecule has 0 spiro atoms. The lowest BCUT2D eigenvalue weighted by Crippen LogP contribution is -2.50. The summed E-state index contributed by atoms with van der Waals surface area (Å²) >= 11 is 0. The third kappa shape index (κ3) is 7.02. The van der Waals surface area contributed by atoms with Crippen LogP contribution >= 0.6 is 0 Å². The Bertz CT molecular complexity index is 839. The third-order valence-corrected chi connectivity index (χ3v) is 5.30. The van der Waals surface area contributed by atoms with Crippen molar-refractivity contribution in [3.05, 3.63) is 59.7 Å². The minimum absolute atomic E-state index is 0.0242. The molecule has 1 N–H and O–H groups in total. The number of ether oxygens (including phenoxy) is 2. The molecular formula is C25H34N2O4. The Balaban J connectivity index is 2.13. The third-order valence-electron chi connectivity index (χ3n) is 5.30. The average molecular weight is 427 g/mol. The number of carbonyl (C=O) groups excluding carboxylic acids is 2. The van der Waals surface area contributed by atoms with Crippen LogP contribution in [0.1, 0.15) is 37.8 Å². The van der Waals surface area contributed by atoms with Crippen LogP contribution in [-0.2, 0) is 22.4 Å². The van der Waals surface area contributed by atoms with Crippen molar-refractivity contribution < 1.29 is 19.1 Å². The predicted molar refractivity (Wildman–Crippen MR) is 122 cm³/mol. The van der Waals surface area contributed by atoms with E-state index >= 15 is 0 Å². The second kappa shape index (κ2) is 12.6. The van der Waals surface area contributed by atoms with E-state index in [4.69, 9.17) is 9.47 Å². The number of amides is 2. The van der Waals surface area contributed by atoms with Crippen molar-refractivity contribution in [3.63, 3.8) is 0 Å². The van der Waals surface area contributed by atoms with Gasteiger partial charge in [0.05, 0.1) is 14.2 Å². The van der Waals surface area contributed by atoms with E-state index in [0.29, 0.717) is 50.3 Å². The zero-order valence-corrected chi connectivity index (χ0v) is 19.0. The number of benzene rings is 2. The number of rotatable bonds is 12. The molecular weight excluding hydrogens is 392 g/mol. The number of aryl methyl sites for hydroxylation is 1. The summed E-state index contributed by atoms with van der Waals surface area (Å²) in [6.45, 7) is 4.88. The van der Waals surface area contributed by atoms with Crippen LogP contribution in [0.15, 0.2) is 48.5 Å². The topological polar surface area (TPSA) is 67.9 Å². The summed E-state index contributed by atoms with van der Waals surface area (Å²) in [4.78, 5) is 27.6. The molecule has 1 unspecified atom stereocenters. The summed E-state index contributed by atoms with van der Waals surface area (Å²) in [6, 6.07) is 15.2. The van der Waals surface area contributed by atoms with Crippen LogP contribution in [0.25, 0.3) is 0 Å². The molecule has 0 aliphatic carbocycles. The summed E-state index contributed by atoms with van der Waals surface area (Å²) in [5.41, 5.74) is 2.13. The van der Waals surface area contributed by atoms with Gasteiger partial charge in [0, 0.05) is 19.5 Å². The molecule has 6 nitrogen and oxygen atoms in total. The van der Waals surface area contributed by atoms with Crippen LogP contribution in [0.3, 0.4) is 0 Å². The summed E-state index contributed by atoms with van der Waals surface area (Å²) in [5, 5.41) is 2.87. The Labute approximate surface area is 185 Å². The van der Waals surface area contributed by atoms with E-state index < -0.39 is 6.04 Å². The molecule has 2 aromatic rings. The standard InChI is InChI=1S/C25H34N2O4/c1-5-21(25(29)26-6-2)27(17-16-19-10-8-7-9-11-19)24(28)15-13-20-12-14-22(30-3)23(18-20)31-4/h7-12,14,18,21H,5-6,13,15-17H2,1-4H3,(H,26,29). The molecule has 2 amide bonds. The second-order valence-corrected chi connectivity index (χ2v) is 7.33. The van der Waals surface area contributed by atoms with E-state index in [2.05, 4.69) is 5.32 Å². The minimum atomic E-state index is -0.471. The number of likely N-dealkylation sites (N-methyl/N-ethyl adjacent to an activating group) is 1. The van der Waals surface area contributed by atoms with Gasteiger partial charge in [0.15, 0.2) is 11.5 Å². The molecule has 0 bridgehead atoms. The van der Waals surface area contributed by atoms with E-state index in [9.17, 15) is 9.59 Å². The molecule has 31 heavy (non-hydrogen) atoms. The first-order chi connectivity index (χ1) is 15.0. The van der Waals surface area contributed by atoms with Crippen molar-refractivity contribution in [2.75, 3.05) is 27.3 Å². The number of nitrogens with one attached hydrogen (secondary N) is 1. The van der Waals surface area contributed by atoms with Gasteiger partial charge < -0.3 is 19.7 Å². The van der Waals surface area contributed by atoms with Gasteiger partial charge in [-0.25, -0.2) is 0 Å². The summed E-state index contributed by atoms with van der Waals surface area (Å²) in [6.07, 6.45) is 2.16. The quantitative estimate of drug-likeness (QED) is 0.563. The molecule has 1 atom stereocenters.